The second kappa shape index (κ2) is 7.13. The molecule has 1 aromatic carbocycles. The standard InChI is InChI=1S/C19H25N3O3S/c1-2-21-17-11-13-25-14-16(17)19(20-21)18-10-6-7-12-22(18)26(23,24)15-8-4-3-5-9-15/h3-5,8-9,18H,2,6-7,10-14H2,1H3. The number of hydrogen-bond acceptors (Lipinski definition) is 4. The van der Waals surface area contributed by atoms with Gasteiger partial charge in [0.05, 0.1) is 29.8 Å². The first kappa shape index (κ1) is 17.7. The number of piperidine rings is 1. The molecule has 0 N–H and O–H groups in total. The minimum Gasteiger partial charge on any atom is -0.376 e. The summed E-state index contributed by atoms with van der Waals surface area (Å²) in [6.07, 6.45) is 3.55. The fraction of sp³-hybridized carbons (Fsp3) is 0.526. The molecule has 1 saturated heterocycles. The fourth-order valence-electron chi connectivity index (χ4n) is 4.06. The molecular weight excluding hydrogens is 350 g/mol. The van der Waals surface area contributed by atoms with E-state index in [0.717, 1.165) is 43.5 Å². The van der Waals surface area contributed by atoms with E-state index in [1.807, 2.05) is 10.7 Å². The van der Waals surface area contributed by atoms with Crippen LogP contribution in [0.3, 0.4) is 0 Å². The van der Waals surface area contributed by atoms with Crippen molar-refractivity contribution < 1.29 is 13.2 Å². The zero-order chi connectivity index (χ0) is 18.1. The summed E-state index contributed by atoms with van der Waals surface area (Å²) in [5.41, 5.74) is 3.19. The number of rotatable bonds is 4. The first-order valence-electron chi connectivity index (χ1n) is 9.36. The molecule has 0 spiro atoms. The van der Waals surface area contributed by atoms with Crippen LogP contribution in [0.4, 0.5) is 0 Å². The molecular formula is C19H25N3O3S. The lowest BCUT2D eigenvalue weighted by Crippen LogP contribution is -2.39. The molecule has 1 unspecified atom stereocenters. The Morgan fingerprint density at radius 3 is 2.81 bits per heavy atom. The summed E-state index contributed by atoms with van der Waals surface area (Å²) in [4.78, 5) is 0.354. The molecule has 2 aliphatic heterocycles. The molecule has 3 heterocycles. The van der Waals surface area contributed by atoms with Gasteiger partial charge < -0.3 is 4.74 Å². The van der Waals surface area contributed by atoms with Crippen LogP contribution >= 0.6 is 0 Å². The third-order valence-electron chi connectivity index (χ3n) is 5.35. The summed E-state index contributed by atoms with van der Waals surface area (Å²) < 4.78 is 35.9. The summed E-state index contributed by atoms with van der Waals surface area (Å²) in [7, 11) is -3.54. The molecule has 26 heavy (non-hydrogen) atoms. The van der Waals surface area contributed by atoms with Crippen molar-refractivity contribution in [2.24, 2.45) is 0 Å². The number of nitrogens with zero attached hydrogens (tertiary/aromatic N) is 3. The van der Waals surface area contributed by atoms with Crippen LogP contribution in [0.15, 0.2) is 35.2 Å². The van der Waals surface area contributed by atoms with Gasteiger partial charge in [-0.2, -0.15) is 9.40 Å². The minimum absolute atomic E-state index is 0.211. The van der Waals surface area contributed by atoms with E-state index >= 15 is 0 Å². The van der Waals surface area contributed by atoms with Crippen LogP contribution in [0.2, 0.25) is 0 Å². The Morgan fingerprint density at radius 1 is 1.23 bits per heavy atom. The van der Waals surface area contributed by atoms with Crippen molar-refractivity contribution in [2.75, 3.05) is 13.2 Å². The van der Waals surface area contributed by atoms with E-state index in [-0.39, 0.29) is 6.04 Å². The van der Waals surface area contributed by atoms with Gasteiger partial charge in [0.25, 0.3) is 0 Å². The molecule has 1 fully saturated rings. The Balaban J connectivity index is 1.77. The Bertz CT molecular complexity index is 877. The highest BCUT2D eigenvalue weighted by Gasteiger charge is 2.38. The lowest BCUT2D eigenvalue weighted by atomic mass is 9.97. The summed E-state index contributed by atoms with van der Waals surface area (Å²) >= 11 is 0. The van der Waals surface area contributed by atoms with Crippen LogP contribution in [-0.2, 0) is 34.3 Å². The predicted octanol–water partition coefficient (Wildman–Crippen LogP) is 2.89. The number of sulfonamides is 1. The van der Waals surface area contributed by atoms with E-state index in [0.29, 0.717) is 24.7 Å². The molecule has 0 saturated carbocycles. The molecule has 7 heteroatoms. The van der Waals surface area contributed by atoms with Crippen LogP contribution < -0.4 is 0 Å². The molecule has 0 bridgehead atoms. The first-order valence-corrected chi connectivity index (χ1v) is 10.8. The summed E-state index contributed by atoms with van der Waals surface area (Å²) in [5, 5.41) is 4.82. The maximum atomic E-state index is 13.3. The van der Waals surface area contributed by atoms with Gasteiger partial charge in [0.2, 0.25) is 10.0 Å². The van der Waals surface area contributed by atoms with E-state index in [2.05, 4.69) is 6.92 Å². The van der Waals surface area contributed by atoms with E-state index in [1.54, 1.807) is 28.6 Å². The van der Waals surface area contributed by atoms with Gasteiger partial charge in [0.15, 0.2) is 0 Å². The summed E-state index contributed by atoms with van der Waals surface area (Å²) in [5.74, 6) is 0. The van der Waals surface area contributed by atoms with Crippen LogP contribution in [0.5, 0.6) is 0 Å². The lowest BCUT2D eigenvalue weighted by molar-refractivity contribution is 0.107. The van der Waals surface area contributed by atoms with Crippen molar-refractivity contribution in [2.45, 2.75) is 56.7 Å². The van der Waals surface area contributed by atoms with Crippen LogP contribution in [-0.4, -0.2) is 35.7 Å². The molecule has 2 aromatic rings. The second-order valence-electron chi connectivity index (χ2n) is 6.87. The quantitative estimate of drug-likeness (QED) is 0.824. The van der Waals surface area contributed by atoms with Gasteiger partial charge in [-0.3, -0.25) is 4.68 Å². The van der Waals surface area contributed by atoms with Gasteiger partial charge in [-0.15, -0.1) is 0 Å². The molecule has 2 aliphatic rings. The average molecular weight is 375 g/mol. The maximum Gasteiger partial charge on any atom is 0.243 e. The van der Waals surface area contributed by atoms with Crippen LogP contribution in [0.1, 0.15) is 49.2 Å². The lowest BCUT2D eigenvalue weighted by Gasteiger charge is -2.34. The molecule has 6 nitrogen and oxygen atoms in total. The fourth-order valence-corrected chi connectivity index (χ4v) is 5.74. The highest BCUT2D eigenvalue weighted by Crippen LogP contribution is 2.38. The topological polar surface area (TPSA) is 64.4 Å². The van der Waals surface area contributed by atoms with Crippen LogP contribution in [0, 0.1) is 0 Å². The number of hydrogen-bond donors (Lipinski definition) is 0. The highest BCUT2D eigenvalue weighted by molar-refractivity contribution is 7.89. The van der Waals surface area contributed by atoms with E-state index in [9.17, 15) is 8.42 Å². The Labute approximate surface area is 154 Å². The van der Waals surface area contributed by atoms with Gasteiger partial charge >= 0.3 is 0 Å². The van der Waals surface area contributed by atoms with Crippen molar-refractivity contribution in [3.63, 3.8) is 0 Å². The molecule has 1 aromatic heterocycles. The summed E-state index contributed by atoms with van der Waals surface area (Å²) in [6, 6.07) is 8.51. The number of ether oxygens (including phenoxy) is 1. The number of benzene rings is 1. The van der Waals surface area contributed by atoms with Gasteiger partial charge in [-0.1, -0.05) is 24.6 Å². The third-order valence-corrected chi connectivity index (χ3v) is 7.27. The molecule has 140 valence electrons. The maximum absolute atomic E-state index is 13.3. The smallest absolute Gasteiger partial charge is 0.243 e. The Hall–Kier alpha value is -1.70. The molecule has 4 rings (SSSR count). The van der Waals surface area contributed by atoms with Gasteiger partial charge in [-0.05, 0) is 31.9 Å². The largest absolute Gasteiger partial charge is 0.376 e. The van der Waals surface area contributed by atoms with Gasteiger partial charge in [0.1, 0.15) is 0 Å². The van der Waals surface area contributed by atoms with Crippen molar-refractivity contribution in [1.29, 1.82) is 0 Å². The minimum atomic E-state index is -3.54. The molecule has 0 amide bonds. The predicted molar refractivity (Wildman–Crippen MR) is 98.2 cm³/mol. The zero-order valence-corrected chi connectivity index (χ0v) is 15.9. The van der Waals surface area contributed by atoms with E-state index in [1.165, 1.54) is 5.69 Å². The molecule has 0 radical (unpaired) electrons. The van der Waals surface area contributed by atoms with Crippen molar-refractivity contribution >= 4 is 10.0 Å². The van der Waals surface area contributed by atoms with E-state index < -0.39 is 10.0 Å². The average Bonchev–Trinajstić information content (AvgIpc) is 3.07. The van der Waals surface area contributed by atoms with Crippen molar-refractivity contribution in [1.82, 2.24) is 14.1 Å². The van der Waals surface area contributed by atoms with Crippen molar-refractivity contribution in [3.05, 3.63) is 47.3 Å². The monoisotopic (exact) mass is 375 g/mol. The number of aromatic nitrogens is 2. The Kier molecular flexibility index (Phi) is 4.86. The second-order valence-corrected chi connectivity index (χ2v) is 8.76. The SMILES string of the molecule is CCn1nc(C2CCCCN2S(=O)(=O)c2ccccc2)c2c1CCOC2. The highest BCUT2D eigenvalue weighted by atomic mass is 32.2. The molecule has 0 aliphatic carbocycles. The third kappa shape index (κ3) is 2.98. The molecule has 1 atom stereocenters. The van der Waals surface area contributed by atoms with E-state index in [4.69, 9.17) is 9.84 Å². The van der Waals surface area contributed by atoms with Crippen LogP contribution in [0.25, 0.3) is 0 Å². The number of aryl methyl sites for hydroxylation is 1. The normalized spacial score (nSPS) is 21.5. The Morgan fingerprint density at radius 2 is 2.04 bits per heavy atom. The first-order chi connectivity index (χ1) is 12.6. The van der Waals surface area contributed by atoms with Gasteiger partial charge in [-0.25, -0.2) is 8.42 Å². The number of fused-ring (bicyclic) bond motifs is 1. The summed E-state index contributed by atoms with van der Waals surface area (Å²) in [6.45, 7) is 4.64. The van der Waals surface area contributed by atoms with Crippen molar-refractivity contribution in [3.8, 4) is 0 Å². The zero-order valence-electron chi connectivity index (χ0n) is 15.1. The van der Waals surface area contributed by atoms with Gasteiger partial charge in [0, 0.05) is 30.8 Å².